The molecule has 0 saturated heterocycles. The van der Waals surface area contributed by atoms with Gasteiger partial charge in [-0.05, 0) is 66.7 Å². The van der Waals surface area contributed by atoms with Gasteiger partial charge in [-0.3, -0.25) is 0 Å². The minimum atomic E-state index is 0.837. The summed E-state index contributed by atoms with van der Waals surface area (Å²) in [4.78, 5) is 2.99. The molecule has 0 amide bonds. The molecule has 1 aromatic heterocycles. The Bertz CT molecular complexity index is 315. The zero-order chi connectivity index (χ0) is 10.8. The monoisotopic (exact) mass is 287 g/mol. The van der Waals surface area contributed by atoms with Crippen LogP contribution in [0, 0.1) is 12.8 Å². The third-order valence-electron chi connectivity index (χ3n) is 3.00. The van der Waals surface area contributed by atoms with E-state index in [9.17, 15) is 0 Å². The molecule has 1 aliphatic carbocycles. The molecule has 1 N–H and O–H groups in total. The third-order valence-corrected chi connectivity index (χ3v) is 5.27. The molecule has 0 radical (unpaired) electrons. The maximum atomic E-state index is 3.59. The summed E-state index contributed by atoms with van der Waals surface area (Å²) in [5.41, 5.74) is 0. The van der Waals surface area contributed by atoms with Crippen LogP contribution in [0.15, 0.2) is 10.5 Å². The Morgan fingerprint density at radius 2 is 2.40 bits per heavy atom. The predicted octanol–water partition coefficient (Wildman–Crippen LogP) is 3.92. The number of nitrogens with one attached hydrogen (secondary N) is 1. The van der Waals surface area contributed by atoms with Crippen LogP contribution < -0.4 is 5.32 Å². The van der Waals surface area contributed by atoms with E-state index in [4.69, 9.17) is 0 Å². The molecule has 1 fully saturated rings. The Kier molecular flexibility index (Phi) is 3.86. The van der Waals surface area contributed by atoms with Gasteiger partial charge in [-0.1, -0.05) is 6.92 Å². The zero-order valence-electron chi connectivity index (χ0n) is 9.35. The van der Waals surface area contributed by atoms with Gasteiger partial charge in [-0.2, -0.15) is 0 Å². The fraction of sp³-hybridized carbons (Fsp3) is 0.667. The molecule has 0 aromatic carbocycles. The van der Waals surface area contributed by atoms with Crippen molar-refractivity contribution in [2.45, 2.75) is 32.6 Å². The van der Waals surface area contributed by atoms with Gasteiger partial charge in [0.15, 0.2) is 0 Å². The summed E-state index contributed by atoms with van der Waals surface area (Å²) in [7, 11) is 0. The van der Waals surface area contributed by atoms with E-state index in [1.165, 1.54) is 28.7 Å². The van der Waals surface area contributed by atoms with E-state index in [-0.39, 0.29) is 0 Å². The topological polar surface area (TPSA) is 12.0 Å². The van der Waals surface area contributed by atoms with Crippen molar-refractivity contribution in [2.24, 2.45) is 5.92 Å². The van der Waals surface area contributed by atoms with Crippen molar-refractivity contribution in [2.75, 3.05) is 13.1 Å². The Morgan fingerprint density at radius 1 is 1.60 bits per heavy atom. The summed E-state index contributed by atoms with van der Waals surface area (Å²) in [5.74, 6) is 1.73. The van der Waals surface area contributed by atoms with Crippen LogP contribution in [0.5, 0.6) is 0 Å². The van der Waals surface area contributed by atoms with Crippen LogP contribution in [0.1, 0.15) is 35.4 Å². The highest BCUT2D eigenvalue weighted by Crippen LogP contribution is 2.50. The molecular weight excluding hydrogens is 270 g/mol. The first-order chi connectivity index (χ1) is 7.22. The summed E-state index contributed by atoms with van der Waals surface area (Å²) in [5, 5.41) is 3.51. The molecular formula is C12H18BrNS. The van der Waals surface area contributed by atoms with E-state index < -0.39 is 0 Å². The second-order valence-corrected chi connectivity index (χ2v) is 6.50. The van der Waals surface area contributed by atoms with E-state index in [0.717, 1.165) is 18.4 Å². The standard InChI is InChI=1S/C12H18BrNS/c1-3-4-14-7-9-5-10(9)12-6-11(13)8(2)15-12/h6,9-10,14H,3-5,7H2,1-2H3. The van der Waals surface area contributed by atoms with Gasteiger partial charge in [0.25, 0.3) is 0 Å². The van der Waals surface area contributed by atoms with E-state index in [0.29, 0.717) is 0 Å². The van der Waals surface area contributed by atoms with Crippen molar-refractivity contribution < 1.29 is 0 Å². The Hall–Kier alpha value is 0.140. The maximum Gasteiger partial charge on any atom is 0.0314 e. The molecule has 0 aliphatic heterocycles. The van der Waals surface area contributed by atoms with Crippen molar-refractivity contribution in [3.63, 3.8) is 0 Å². The SMILES string of the molecule is CCCNCC1CC1c1cc(Br)c(C)s1. The van der Waals surface area contributed by atoms with Gasteiger partial charge < -0.3 is 5.32 Å². The number of rotatable bonds is 5. The van der Waals surface area contributed by atoms with E-state index in [1.54, 1.807) is 4.88 Å². The second kappa shape index (κ2) is 4.98. The van der Waals surface area contributed by atoms with Crippen LogP contribution in [0.3, 0.4) is 0 Å². The van der Waals surface area contributed by atoms with Crippen LogP contribution in [0.4, 0.5) is 0 Å². The van der Waals surface area contributed by atoms with Crippen molar-refractivity contribution in [1.29, 1.82) is 0 Å². The van der Waals surface area contributed by atoms with Gasteiger partial charge in [0, 0.05) is 14.2 Å². The lowest BCUT2D eigenvalue weighted by atomic mass is 10.2. The van der Waals surface area contributed by atoms with Gasteiger partial charge in [0.05, 0.1) is 0 Å². The zero-order valence-corrected chi connectivity index (χ0v) is 11.7. The molecule has 2 unspecified atom stereocenters. The molecule has 1 nitrogen and oxygen atoms in total. The normalized spacial score (nSPS) is 24.5. The Morgan fingerprint density at radius 3 is 3.00 bits per heavy atom. The lowest BCUT2D eigenvalue weighted by molar-refractivity contribution is 0.621. The average molecular weight is 288 g/mol. The minimum absolute atomic E-state index is 0.837. The van der Waals surface area contributed by atoms with E-state index in [1.807, 2.05) is 11.3 Å². The van der Waals surface area contributed by atoms with Crippen LogP contribution in [-0.4, -0.2) is 13.1 Å². The largest absolute Gasteiger partial charge is 0.316 e. The molecule has 84 valence electrons. The number of hydrogen-bond acceptors (Lipinski definition) is 2. The fourth-order valence-corrected chi connectivity index (χ4v) is 3.72. The number of aryl methyl sites for hydroxylation is 1. The first kappa shape index (κ1) is 11.6. The second-order valence-electron chi connectivity index (χ2n) is 4.36. The molecule has 1 aliphatic rings. The van der Waals surface area contributed by atoms with Gasteiger partial charge in [-0.25, -0.2) is 0 Å². The van der Waals surface area contributed by atoms with Crippen LogP contribution in [0.25, 0.3) is 0 Å². The third kappa shape index (κ3) is 2.83. The van der Waals surface area contributed by atoms with Gasteiger partial charge in [0.2, 0.25) is 0 Å². The quantitative estimate of drug-likeness (QED) is 0.810. The average Bonchev–Trinajstić information content (AvgIpc) is 2.89. The first-order valence-corrected chi connectivity index (χ1v) is 7.30. The first-order valence-electron chi connectivity index (χ1n) is 5.69. The molecule has 1 aromatic rings. The summed E-state index contributed by atoms with van der Waals surface area (Å²) in [6.07, 6.45) is 2.62. The Balaban J connectivity index is 1.83. The molecule has 0 spiro atoms. The van der Waals surface area contributed by atoms with Gasteiger partial charge in [-0.15, -0.1) is 11.3 Å². The van der Waals surface area contributed by atoms with Crippen LogP contribution >= 0.6 is 27.3 Å². The lowest BCUT2D eigenvalue weighted by Gasteiger charge is -2.00. The molecule has 0 bridgehead atoms. The fourth-order valence-electron chi connectivity index (χ4n) is 1.95. The van der Waals surface area contributed by atoms with Crippen LogP contribution in [0.2, 0.25) is 0 Å². The highest BCUT2D eigenvalue weighted by Gasteiger charge is 2.38. The Labute approximate surface area is 104 Å². The molecule has 1 saturated carbocycles. The molecule has 2 atom stereocenters. The van der Waals surface area contributed by atoms with E-state index >= 15 is 0 Å². The smallest absolute Gasteiger partial charge is 0.0314 e. The summed E-state index contributed by atoms with van der Waals surface area (Å²) >= 11 is 5.54. The van der Waals surface area contributed by atoms with Crippen LogP contribution in [-0.2, 0) is 0 Å². The molecule has 3 heteroatoms. The molecule has 2 rings (SSSR count). The molecule has 1 heterocycles. The summed E-state index contributed by atoms with van der Waals surface area (Å²) < 4.78 is 1.29. The van der Waals surface area contributed by atoms with Crippen molar-refractivity contribution in [3.8, 4) is 0 Å². The highest BCUT2D eigenvalue weighted by atomic mass is 79.9. The minimum Gasteiger partial charge on any atom is -0.316 e. The van der Waals surface area contributed by atoms with Gasteiger partial charge in [0.1, 0.15) is 0 Å². The van der Waals surface area contributed by atoms with Crippen molar-refractivity contribution in [1.82, 2.24) is 5.32 Å². The maximum absolute atomic E-state index is 3.59. The predicted molar refractivity (Wildman–Crippen MR) is 70.8 cm³/mol. The number of halogens is 1. The van der Waals surface area contributed by atoms with Gasteiger partial charge >= 0.3 is 0 Å². The van der Waals surface area contributed by atoms with Crippen molar-refractivity contribution >= 4 is 27.3 Å². The number of hydrogen-bond donors (Lipinski definition) is 1. The van der Waals surface area contributed by atoms with Crippen molar-refractivity contribution in [3.05, 3.63) is 20.3 Å². The summed E-state index contributed by atoms with van der Waals surface area (Å²) in [6.45, 7) is 6.77. The highest BCUT2D eigenvalue weighted by molar-refractivity contribution is 9.10. The molecule has 15 heavy (non-hydrogen) atoms. The lowest BCUT2D eigenvalue weighted by Crippen LogP contribution is -2.17. The summed E-state index contributed by atoms with van der Waals surface area (Å²) in [6, 6.07) is 2.31. The number of thiophene rings is 1. The van der Waals surface area contributed by atoms with E-state index in [2.05, 4.69) is 41.2 Å².